The van der Waals surface area contributed by atoms with Crippen molar-refractivity contribution in [1.82, 2.24) is 0 Å². The number of nitrogens with two attached hydrogens (primary N) is 1. The number of ether oxygens (including phenoxy) is 1. The summed E-state index contributed by atoms with van der Waals surface area (Å²) in [6, 6.07) is 6.09. The molecule has 2 nitrogen and oxygen atoms in total. The van der Waals surface area contributed by atoms with Crippen molar-refractivity contribution < 1.29 is 4.74 Å². The molecule has 1 rings (SSSR count). The molecule has 0 saturated heterocycles. The fourth-order valence-electron chi connectivity index (χ4n) is 2.16. The topological polar surface area (TPSA) is 35.2 Å². The smallest absolute Gasteiger partial charge is 0.124 e. The van der Waals surface area contributed by atoms with Crippen molar-refractivity contribution in [2.24, 2.45) is 11.7 Å². The van der Waals surface area contributed by atoms with Crippen LogP contribution in [0.4, 0.5) is 0 Å². The van der Waals surface area contributed by atoms with Gasteiger partial charge >= 0.3 is 0 Å². The molecule has 0 aliphatic carbocycles. The number of halogens is 1. The third-order valence-corrected chi connectivity index (χ3v) is 3.53. The SMILES string of the molecule is CCCC(C)CC(N)c1ccc(Br)cc1OC. The monoisotopic (exact) mass is 299 g/mol. The minimum Gasteiger partial charge on any atom is -0.496 e. The van der Waals surface area contributed by atoms with E-state index in [4.69, 9.17) is 10.5 Å². The molecular formula is C14H22BrNO. The zero-order valence-corrected chi connectivity index (χ0v) is 12.5. The maximum absolute atomic E-state index is 6.26. The van der Waals surface area contributed by atoms with Crippen LogP contribution in [0.25, 0.3) is 0 Å². The van der Waals surface area contributed by atoms with Crippen LogP contribution in [0.5, 0.6) is 5.75 Å². The average molecular weight is 300 g/mol. The Labute approximate surface area is 113 Å². The van der Waals surface area contributed by atoms with Crippen molar-refractivity contribution in [3.63, 3.8) is 0 Å². The van der Waals surface area contributed by atoms with Gasteiger partial charge < -0.3 is 10.5 Å². The Morgan fingerprint density at radius 2 is 2.12 bits per heavy atom. The van der Waals surface area contributed by atoms with Crippen LogP contribution in [-0.2, 0) is 0 Å². The third kappa shape index (κ3) is 4.32. The third-order valence-electron chi connectivity index (χ3n) is 3.03. The van der Waals surface area contributed by atoms with Gasteiger partial charge in [-0.3, -0.25) is 0 Å². The fourth-order valence-corrected chi connectivity index (χ4v) is 2.50. The minimum absolute atomic E-state index is 0.0552. The van der Waals surface area contributed by atoms with Crippen molar-refractivity contribution in [2.45, 2.75) is 39.2 Å². The Bertz CT molecular complexity index is 354. The summed E-state index contributed by atoms with van der Waals surface area (Å²) in [5, 5.41) is 0. The molecule has 0 saturated carbocycles. The standard InChI is InChI=1S/C14H22BrNO/c1-4-5-10(2)8-13(16)12-7-6-11(15)9-14(12)17-3/h6-7,9-10,13H,4-5,8,16H2,1-3H3. The van der Waals surface area contributed by atoms with Gasteiger partial charge in [0.15, 0.2) is 0 Å². The summed E-state index contributed by atoms with van der Waals surface area (Å²) in [7, 11) is 1.69. The number of hydrogen-bond donors (Lipinski definition) is 1. The Morgan fingerprint density at radius 1 is 1.41 bits per heavy atom. The lowest BCUT2D eigenvalue weighted by Gasteiger charge is -2.19. The van der Waals surface area contributed by atoms with Gasteiger partial charge in [-0.2, -0.15) is 0 Å². The molecule has 2 unspecified atom stereocenters. The maximum Gasteiger partial charge on any atom is 0.124 e. The molecular weight excluding hydrogens is 278 g/mol. The lowest BCUT2D eigenvalue weighted by Crippen LogP contribution is -2.15. The summed E-state index contributed by atoms with van der Waals surface area (Å²) in [5.74, 6) is 1.53. The van der Waals surface area contributed by atoms with Crippen LogP contribution in [0.1, 0.15) is 44.7 Å². The molecule has 0 amide bonds. The molecule has 0 aromatic heterocycles. The van der Waals surface area contributed by atoms with Crippen LogP contribution in [0.3, 0.4) is 0 Å². The van der Waals surface area contributed by atoms with Crippen molar-refractivity contribution in [3.8, 4) is 5.75 Å². The molecule has 3 heteroatoms. The summed E-state index contributed by atoms with van der Waals surface area (Å²) in [6.07, 6.45) is 3.45. The van der Waals surface area contributed by atoms with Gasteiger partial charge in [0, 0.05) is 16.1 Å². The highest BCUT2D eigenvalue weighted by Gasteiger charge is 2.15. The molecule has 1 aromatic rings. The molecule has 0 heterocycles. The number of rotatable bonds is 6. The lowest BCUT2D eigenvalue weighted by molar-refractivity contribution is 0.391. The Morgan fingerprint density at radius 3 is 2.71 bits per heavy atom. The molecule has 17 heavy (non-hydrogen) atoms. The molecule has 0 bridgehead atoms. The van der Waals surface area contributed by atoms with Gasteiger partial charge in [-0.05, 0) is 24.5 Å². The largest absolute Gasteiger partial charge is 0.496 e. The van der Waals surface area contributed by atoms with E-state index in [1.54, 1.807) is 7.11 Å². The number of hydrogen-bond acceptors (Lipinski definition) is 2. The van der Waals surface area contributed by atoms with E-state index in [-0.39, 0.29) is 6.04 Å². The second kappa shape index (κ2) is 7.02. The fraction of sp³-hybridized carbons (Fsp3) is 0.571. The summed E-state index contributed by atoms with van der Waals surface area (Å²) in [4.78, 5) is 0. The van der Waals surface area contributed by atoms with E-state index < -0.39 is 0 Å². The zero-order valence-electron chi connectivity index (χ0n) is 10.9. The first-order chi connectivity index (χ1) is 8.08. The van der Waals surface area contributed by atoms with Gasteiger partial charge in [0.2, 0.25) is 0 Å². The minimum atomic E-state index is 0.0552. The van der Waals surface area contributed by atoms with Gasteiger partial charge in [0.25, 0.3) is 0 Å². The highest BCUT2D eigenvalue weighted by Crippen LogP contribution is 2.31. The molecule has 0 aliphatic rings. The second-order valence-corrected chi connectivity index (χ2v) is 5.54. The van der Waals surface area contributed by atoms with Crippen molar-refractivity contribution >= 4 is 15.9 Å². The lowest BCUT2D eigenvalue weighted by atomic mass is 9.93. The van der Waals surface area contributed by atoms with E-state index in [0.717, 1.165) is 22.2 Å². The first-order valence-electron chi connectivity index (χ1n) is 6.17. The molecule has 0 aliphatic heterocycles. The number of benzene rings is 1. The van der Waals surface area contributed by atoms with Crippen LogP contribution in [-0.4, -0.2) is 7.11 Å². The zero-order chi connectivity index (χ0) is 12.8. The first kappa shape index (κ1) is 14.5. The van der Waals surface area contributed by atoms with Crippen molar-refractivity contribution in [2.75, 3.05) is 7.11 Å². The van der Waals surface area contributed by atoms with E-state index in [1.807, 2.05) is 18.2 Å². The summed E-state index contributed by atoms with van der Waals surface area (Å²) in [5.41, 5.74) is 7.35. The molecule has 2 N–H and O–H groups in total. The van der Waals surface area contributed by atoms with E-state index in [1.165, 1.54) is 12.8 Å². The van der Waals surface area contributed by atoms with Crippen LogP contribution >= 0.6 is 15.9 Å². The van der Waals surface area contributed by atoms with Gasteiger partial charge in [0.1, 0.15) is 5.75 Å². The van der Waals surface area contributed by atoms with E-state index >= 15 is 0 Å². The van der Waals surface area contributed by atoms with E-state index in [2.05, 4.69) is 29.8 Å². The van der Waals surface area contributed by atoms with E-state index in [0.29, 0.717) is 5.92 Å². The van der Waals surface area contributed by atoms with Crippen LogP contribution in [0.2, 0.25) is 0 Å². The normalized spacial score (nSPS) is 14.4. The van der Waals surface area contributed by atoms with Crippen LogP contribution in [0.15, 0.2) is 22.7 Å². The molecule has 0 radical (unpaired) electrons. The highest BCUT2D eigenvalue weighted by atomic mass is 79.9. The molecule has 0 fully saturated rings. The highest BCUT2D eigenvalue weighted by molar-refractivity contribution is 9.10. The molecule has 0 spiro atoms. The molecule has 2 atom stereocenters. The van der Waals surface area contributed by atoms with Gasteiger partial charge in [-0.25, -0.2) is 0 Å². The van der Waals surface area contributed by atoms with Crippen molar-refractivity contribution in [1.29, 1.82) is 0 Å². The van der Waals surface area contributed by atoms with Crippen LogP contribution in [0, 0.1) is 5.92 Å². The van der Waals surface area contributed by atoms with Crippen LogP contribution < -0.4 is 10.5 Å². The van der Waals surface area contributed by atoms with Gasteiger partial charge in [-0.1, -0.05) is 48.7 Å². The predicted octanol–water partition coefficient (Wildman–Crippen LogP) is 4.28. The Hall–Kier alpha value is -0.540. The Kier molecular flexibility index (Phi) is 6.00. The predicted molar refractivity (Wildman–Crippen MR) is 76.3 cm³/mol. The maximum atomic E-state index is 6.26. The summed E-state index contributed by atoms with van der Waals surface area (Å²) in [6.45, 7) is 4.47. The average Bonchev–Trinajstić information content (AvgIpc) is 2.28. The molecule has 1 aromatic carbocycles. The molecule has 96 valence electrons. The Balaban J connectivity index is 2.77. The number of methoxy groups -OCH3 is 1. The summed E-state index contributed by atoms with van der Waals surface area (Å²) < 4.78 is 6.40. The first-order valence-corrected chi connectivity index (χ1v) is 6.96. The van der Waals surface area contributed by atoms with Gasteiger partial charge in [0.05, 0.1) is 7.11 Å². The second-order valence-electron chi connectivity index (χ2n) is 4.62. The summed E-state index contributed by atoms with van der Waals surface area (Å²) >= 11 is 3.44. The van der Waals surface area contributed by atoms with Crippen molar-refractivity contribution in [3.05, 3.63) is 28.2 Å². The van der Waals surface area contributed by atoms with Gasteiger partial charge in [-0.15, -0.1) is 0 Å². The van der Waals surface area contributed by atoms with E-state index in [9.17, 15) is 0 Å². The quantitative estimate of drug-likeness (QED) is 0.851.